The van der Waals surface area contributed by atoms with Gasteiger partial charge in [-0.2, -0.15) is 9.40 Å². The first-order valence-corrected chi connectivity index (χ1v) is 11.7. The van der Waals surface area contributed by atoms with Gasteiger partial charge in [-0.3, -0.25) is 4.79 Å². The van der Waals surface area contributed by atoms with Gasteiger partial charge in [0, 0.05) is 36.7 Å². The van der Waals surface area contributed by atoms with Gasteiger partial charge in [-0.15, -0.1) is 0 Å². The Hall–Kier alpha value is -3.08. The minimum absolute atomic E-state index is 0.106. The molecule has 0 bridgehead atoms. The lowest BCUT2D eigenvalue weighted by molar-refractivity contribution is 0.0730. The third-order valence-electron chi connectivity index (χ3n) is 5.25. The number of carbonyl (C=O) groups is 1. The molecule has 0 saturated carbocycles. The summed E-state index contributed by atoms with van der Waals surface area (Å²) in [6, 6.07) is 10.5. The zero-order chi connectivity index (χ0) is 22.7. The molecule has 1 aliphatic rings. The zero-order valence-electron chi connectivity index (χ0n) is 17.5. The van der Waals surface area contributed by atoms with Crippen LogP contribution in [0.3, 0.4) is 0 Å². The number of benzene rings is 2. The molecular weight excluding hydrogens is 435 g/mol. The molecule has 2 aromatic carbocycles. The first-order valence-electron chi connectivity index (χ1n) is 10.2. The molecule has 1 aliphatic heterocycles. The third kappa shape index (κ3) is 4.43. The van der Waals surface area contributed by atoms with Crippen molar-refractivity contribution in [3.05, 3.63) is 71.8 Å². The summed E-state index contributed by atoms with van der Waals surface area (Å²) < 4.78 is 48.8. The van der Waals surface area contributed by atoms with Crippen LogP contribution in [0.15, 0.2) is 59.8 Å². The fraction of sp³-hybridized carbons (Fsp3) is 0.273. The number of amides is 1. The van der Waals surface area contributed by atoms with Gasteiger partial charge in [0.25, 0.3) is 5.91 Å². The van der Waals surface area contributed by atoms with Crippen LogP contribution in [-0.2, 0) is 21.2 Å². The fourth-order valence-electron chi connectivity index (χ4n) is 3.54. The Labute approximate surface area is 185 Å². The molecule has 168 valence electrons. The van der Waals surface area contributed by atoms with E-state index in [9.17, 15) is 17.6 Å². The Morgan fingerprint density at radius 2 is 1.97 bits per heavy atom. The van der Waals surface area contributed by atoms with Crippen molar-refractivity contribution in [1.29, 1.82) is 0 Å². The lowest BCUT2D eigenvalue weighted by Gasteiger charge is -2.27. The van der Waals surface area contributed by atoms with Crippen molar-refractivity contribution in [2.75, 3.05) is 31.6 Å². The van der Waals surface area contributed by atoms with Crippen LogP contribution in [0.5, 0.6) is 0 Å². The molecule has 1 saturated heterocycles. The van der Waals surface area contributed by atoms with E-state index >= 15 is 0 Å². The second-order valence-corrected chi connectivity index (χ2v) is 9.17. The van der Waals surface area contributed by atoms with Crippen LogP contribution in [0.2, 0.25) is 0 Å². The van der Waals surface area contributed by atoms with E-state index in [0.29, 0.717) is 25.2 Å². The van der Waals surface area contributed by atoms with Crippen LogP contribution in [0, 0.1) is 5.82 Å². The van der Waals surface area contributed by atoms with Gasteiger partial charge in [-0.25, -0.2) is 17.5 Å². The maximum Gasteiger partial charge on any atom is 0.255 e. The number of carbonyl (C=O) groups excluding carboxylic acids is 1. The molecule has 32 heavy (non-hydrogen) atoms. The molecule has 8 nitrogen and oxygen atoms in total. The highest BCUT2D eigenvalue weighted by atomic mass is 32.2. The molecule has 2 heterocycles. The van der Waals surface area contributed by atoms with Crippen molar-refractivity contribution in [2.24, 2.45) is 0 Å². The number of hydrogen-bond donors (Lipinski definition) is 1. The zero-order valence-corrected chi connectivity index (χ0v) is 18.3. The van der Waals surface area contributed by atoms with Crippen molar-refractivity contribution in [3.63, 3.8) is 0 Å². The SMILES string of the molecule is CCc1ccc(C(=O)Nc2ccc(-n3cccn3)c(F)c2)cc1S(=O)(=O)N1CCOCC1. The number of nitrogens with zero attached hydrogens (tertiary/aromatic N) is 3. The van der Waals surface area contributed by atoms with Crippen molar-refractivity contribution in [2.45, 2.75) is 18.2 Å². The Morgan fingerprint density at radius 3 is 2.62 bits per heavy atom. The third-order valence-corrected chi connectivity index (χ3v) is 7.24. The predicted molar refractivity (Wildman–Crippen MR) is 117 cm³/mol. The Balaban J connectivity index is 1.59. The van der Waals surface area contributed by atoms with Gasteiger partial charge in [0.2, 0.25) is 10.0 Å². The first kappa shape index (κ1) is 22.1. The molecule has 1 fully saturated rings. The van der Waals surface area contributed by atoms with E-state index in [1.165, 1.54) is 33.4 Å². The molecule has 0 unspecified atom stereocenters. The smallest absolute Gasteiger partial charge is 0.255 e. The maximum atomic E-state index is 14.5. The van der Waals surface area contributed by atoms with E-state index in [-0.39, 0.29) is 34.9 Å². The van der Waals surface area contributed by atoms with Crippen LogP contribution >= 0.6 is 0 Å². The number of hydrogen-bond acceptors (Lipinski definition) is 5. The van der Waals surface area contributed by atoms with Gasteiger partial charge in [0.05, 0.1) is 18.1 Å². The number of aryl methyl sites for hydroxylation is 1. The molecule has 0 atom stereocenters. The molecule has 0 radical (unpaired) electrons. The Morgan fingerprint density at radius 1 is 1.19 bits per heavy atom. The molecule has 4 rings (SSSR count). The molecular formula is C22H23FN4O4S. The Kier molecular flexibility index (Phi) is 6.35. The van der Waals surface area contributed by atoms with Gasteiger partial charge in [0.1, 0.15) is 5.69 Å². The van der Waals surface area contributed by atoms with Crippen LogP contribution < -0.4 is 5.32 Å². The molecule has 1 N–H and O–H groups in total. The number of aromatic nitrogens is 2. The van der Waals surface area contributed by atoms with E-state index in [1.807, 2.05) is 6.92 Å². The highest BCUT2D eigenvalue weighted by Crippen LogP contribution is 2.24. The lowest BCUT2D eigenvalue weighted by Crippen LogP contribution is -2.41. The quantitative estimate of drug-likeness (QED) is 0.613. The summed E-state index contributed by atoms with van der Waals surface area (Å²) in [7, 11) is -3.77. The van der Waals surface area contributed by atoms with E-state index < -0.39 is 21.7 Å². The number of nitrogens with one attached hydrogen (secondary N) is 1. The lowest BCUT2D eigenvalue weighted by atomic mass is 10.1. The van der Waals surface area contributed by atoms with E-state index in [2.05, 4.69) is 10.4 Å². The monoisotopic (exact) mass is 458 g/mol. The molecule has 0 spiro atoms. The van der Waals surface area contributed by atoms with Crippen LogP contribution in [0.4, 0.5) is 10.1 Å². The normalized spacial score (nSPS) is 14.9. The van der Waals surface area contributed by atoms with Gasteiger partial charge < -0.3 is 10.1 Å². The average Bonchev–Trinajstić information content (AvgIpc) is 3.34. The number of ether oxygens (including phenoxy) is 1. The summed E-state index contributed by atoms with van der Waals surface area (Å²) in [4.78, 5) is 12.9. The number of anilines is 1. The fourth-order valence-corrected chi connectivity index (χ4v) is 5.27. The average molecular weight is 459 g/mol. The summed E-state index contributed by atoms with van der Waals surface area (Å²) >= 11 is 0. The van der Waals surface area contributed by atoms with Crippen molar-refractivity contribution in [3.8, 4) is 5.69 Å². The van der Waals surface area contributed by atoms with E-state index in [4.69, 9.17) is 4.74 Å². The second-order valence-electron chi connectivity index (χ2n) is 7.26. The van der Waals surface area contributed by atoms with Crippen LogP contribution in [0.1, 0.15) is 22.8 Å². The standard InChI is InChI=1S/C22H23FN4O4S/c1-2-16-4-5-17(14-21(16)32(29,30)26-10-12-31-13-11-26)22(28)25-18-6-7-20(19(23)15-18)27-9-3-8-24-27/h3-9,14-15H,2,10-13H2,1H3,(H,25,28). The summed E-state index contributed by atoms with van der Waals surface area (Å²) in [5.74, 6) is -1.08. The minimum Gasteiger partial charge on any atom is -0.379 e. The van der Waals surface area contributed by atoms with Gasteiger partial charge in [-0.05, 0) is 48.4 Å². The molecule has 10 heteroatoms. The summed E-state index contributed by atoms with van der Waals surface area (Å²) in [6.45, 7) is 3.06. The largest absolute Gasteiger partial charge is 0.379 e. The second kappa shape index (κ2) is 9.19. The molecule has 0 aliphatic carbocycles. The van der Waals surface area contributed by atoms with Gasteiger partial charge in [-0.1, -0.05) is 13.0 Å². The van der Waals surface area contributed by atoms with Crippen molar-refractivity contribution in [1.82, 2.24) is 14.1 Å². The highest BCUT2D eigenvalue weighted by molar-refractivity contribution is 7.89. The van der Waals surface area contributed by atoms with Crippen LogP contribution in [-0.4, -0.2) is 54.7 Å². The Bertz CT molecular complexity index is 1220. The topological polar surface area (TPSA) is 93.5 Å². The minimum atomic E-state index is -3.77. The summed E-state index contributed by atoms with van der Waals surface area (Å²) in [6.07, 6.45) is 3.65. The van der Waals surface area contributed by atoms with Crippen molar-refractivity contribution < 1.29 is 22.3 Å². The number of sulfonamides is 1. The highest BCUT2D eigenvalue weighted by Gasteiger charge is 2.29. The van der Waals surface area contributed by atoms with E-state index in [1.54, 1.807) is 30.5 Å². The number of rotatable bonds is 6. The molecule has 3 aromatic rings. The first-order chi connectivity index (χ1) is 15.4. The molecule has 1 amide bonds. The molecule has 1 aromatic heterocycles. The van der Waals surface area contributed by atoms with Crippen LogP contribution in [0.25, 0.3) is 5.69 Å². The van der Waals surface area contributed by atoms with Gasteiger partial charge >= 0.3 is 0 Å². The summed E-state index contributed by atoms with van der Waals surface area (Å²) in [5, 5.41) is 6.62. The number of halogens is 1. The number of morpholine rings is 1. The maximum absolute atomic E-state index is 14.5. The van der Waals surface area contributed by atoms with Gasteiger partial charge in [0.15, 0.2) is 5.82 Å². The predicted octanol–water partition coefficient (Wildman–Crippen LogP) is 2.85. The van der Waals surface area contributed by atoms with E-state index in [0.717, 1.165) is 0 Å². The van der Waals surface area contributed by atoms with Crippen molar-refractivity contribution >= 4 is 21.6 Å². The summed E-state index contributed by atoms with van der Waals surface area (Å²) in [5.41, 5.74) is 1.30.